The number of carbonyl (C=O) groups excluding carboxylic acids is 1. The van der Waals surface area contributed by atoms with Gasteiger partial charge in [-0.3, -0.25) is 13.2 Å². The number of rotatable bonds is 6. The maximum Gasteiger partial charge on any atom is 0.303 e. The molecule has 0 aliphatic carbocycles. The molecule has 22 heavy (non-hydrogen) atoms. The van der Waals surface area contributed by atoms with Crippen molar-refractivity contribution in [1.82, 2.24) is 0 Å². The van der Waals surface area contributed by atoms with Crippen LogP contribution in [0.25, 0.3) is 0 Å². The molecular weight excluding hydrogens is 344 g/mol. The quantitative estimate of drug-likeness (QED) is 0.411. The summed E-state index contributed by atoms with van der Waals surface area (Å²) in [4.78, 5) is 11.2. The lowest BCUT2D eigenvalue weighted by molar-refractivity contribution is -0.254. The number of methoxy groups -OCH3 is 1. The van der Waals surface area contributed by atoms with Crippen molar-refractivity contribution in [3.05, 3.63) is 0 Å². The molecule has 0 N–H and O–H groups in total. The van der Waals surface area contributed by atoms with Crippen LogP contribution in [0.5, 0.6) is 0 Å². The molecule has 10 nitrogen and oxygen atoms in total. The Bertz CT molecular complexity index is 595. The number of carbonyl (C=O) groups is 1. The second-order valence-corrected chi connectivity index (χ2v) is 7.82. The smallest absolute Gasteiger partial charge is 0.303 e. The average molecular weight is 362 g/mol. The predicted molar refractivity (Wildman–Crippen MR) is 71.7 cm³/mol. The zero-order valence-electron chi connectivity index (χ0n) is 12.4. The van der Waals surface area contributed by atoms with Crippen molar-refractivity contribution in [2.45, 2.75) is 31.5 Å². The van der Waals surface area contributed by atoms with Crippen LogP contribution in [-0.4, -0.2) is 73.6 Å². The Hall–Kier alpha value is -0.790. The third-order valence-corrected chi connectivity index (χ3v) is 3.67. The normalized spacial score (nSPS) is 30.0. The fourth-order valence-electron chi connectivity index (χ4n) is 1.89. The van der Waals surface area contributed by atoms with E-state index < -0.39 is 50.8 Å². The fourth-order valence-corrected chi connectivity index (χ4v) is 3.11. The van der Waals surface area contributed by atoms with Crippen molar-refractivity contribution in [3.8, 4) is 0 Å². The molecule has 0 aromatic carbocycles. The highest BCUT2D eigenvalue weighted by Crippen LogP contribution is 2.26. The summed E-state index contributed by atoms with van der Waals surface area (Å²) in [6.45, 7) is 0.777. The minimum Gasteiger partial charge on any atom is -0.457 e. The Labute approximate surface area is 128 Å². The Balaban J connectivity index is 3.13. The average Bonchev–Trinajstić information content (AvgIpc) is 2.29. The summed E-state index contributed by atoms with van der Waals surface area (Å²) in [5, 5.41) is 0. The Morgan fingerprint density at radius 2 is 1.59 bits per heavy atom. The van der Waals surface area contributed by atoms with Gasteiger partial charge in [-0.1, -0.05) is 0 Å². The van der Waals surface area contributed by atoms with Gasteiger partial charge in [0.15, 0.2) is 18.5 Å². The Morgan fingerprint density at radius 3 is 2.00 bits per heavy atom. The van der Waals surface area contributed by atoms with Crippen LogP contribution >= 0.6 is 0 Å². The van der Waals surface area contributed by atoms with Crippen molar-refractivity contribution in [2.24, 2.45) is 0 Å². The van der Waals surface area contributed by atoms with Crippen molar-refractivity contribution in [3.63, 3.8) is 0 Å². The maximum absolute atomic E-state index is 11.4. The molecule has 1 fully saturated rings. The summed E-state index contributed by atoms with van der Waals surface area (Å²) in [6, 6.07) is 0. The SMILES string of the molecule is COC1OCC(OS(C)(=O)=O)C(OC(C)=O)C1OS(C)(=O)=O. The van der Waals surface area contributed by atoms with Crippen LogP contribution < -0.4 is 0 Å². The molecule has 130 valence electrons. The van der Waals surface area contributed by atoms with Gasteiger partial charge in [0.05, 0.1) is 19.1 Å². The summed E-state index contributed by atoms with van der Waals surface area (Å²) in [6.07, 6.45) is -3.63. The molecule has 0 bridgehead atoms. The Morgan fingerprint density at radius 1 is 1.05 bits per heavy atom. The predicted octanol–water partition coefficient (Wildman–Crippen LogP) is -1.39. The van der Waals surface area contributed by atoms with Gasteiger partial charge in [0.25, 0.3) is 20.2 Å². The number of hydrogen-bond donors (Lipinski definition) is 0. The van der Waals surface area contributed by atoms with E-state index in [9.17, 15) is 21.6 Å². The van der Waals surface area contributed by atoms with E-state index in [1.165, 1.54) is 7.11 Å². The zero-order valence-corrected chi connectivity index (χ0v) is 14.0. The van der Waals surface area contributed by atoms with E-state index >= 15 is 0 Å². The molecule has 0 radical (unpaired) electrons. The molecule has 1 heterocycles. The van der Waals surface area contributed by atoms with Crippen molar-refractivity contribution < 1.29 is 44.2 Å². The fraction of sp³-hybridized carbons (Fsp3) is 0.900. The third kappa shape index (κ3) is 6.14. The molecule has 4 atom stereocenters. The van der Waals surface area contributed by atoms with Gasteiger partial charge in [0.2, 0.25) is 0 Å². The molecule has 0 spiro atoms. The molecule has 0 aromatic rings. The van der Waals surface area contributed by atoms with E-state index in [1.807, 2.05) is 0 Å². The van der Waals surface area contributed by atoms with Crippen LogP contribution in [0.1, 0.15) is 6.92 Å². The molecule has 0 amide bonds. The topological polar surface area (TPSA) is 132 Å². The summed E-state index contributed by atoms with van der Waals surface area (Å²) in [7, 11) is -6.63. The van der Waals surface area contributed by atoms with Crippen molar-refractivity contribution in [1.29, 1.82) is 0 Å². The number of esters is 1. The molecular formula is C10H18O10S2. The van der Waals surface area contributed by atoms with Gasteiger partial charge in [-0.15, -0.1) is 0 Å². The van der Waals surface area contributed by atoms with Gasteiger partial charge < -0.3 is 14.2 Å². The van der Waals surface area contributed by atoms with E-state index in [2.05, 4.69) is 0 Å². The first-order valence-corrected chi connectivity index (χ1v) is 9.64. The lowest BCUT2D eigenvalue weighted by Gasteiger charge is -2.39. The second kappa shape index (κ2) is 7.19. The second-order valence-electron chi connectivity index (χ2n) is 4.62. The molecule has 0 saturated carbocycles. The molecule has 1 aliphatic heterocycles. The number of ether oxygens (including phenoxy) is 3. The highest BCUT2D eigenvalue weighted by molar-refractivity contribution is 7.86. The van der Waals surface area contributed by atoms with Crippen LogP contribution in [0.15, 0.2) is 0 Å². The van der Waals surface area contributed by atoms with Gasteiger partial charge >= 0.3 is 5.97 Å². The maximum atomic E-state index is 11.4. The van der Waals surface area contributed by atoms with Crippen LogP contribution in [0.2, 0.25) is 0 Å². The van der Waals surface area contributed by atoms with Crippen LogP contribution in [-0.2, 0) is 47.6 Å². The van der Waals surface area contributed by atoms with E-state index in [-0.39, 0.29) is 6.61 Å². The van der Waals surface area contributed by atoms with Crippen molar-refractivity contribution in [2.75, 3.05) is 26.2 Å². The molecule has 12 heteroatoms. The van der Waals surface area contributed by atoms with E-state index in [0.29, 0.717) is 0 Å². The molecule has 1 saturated heterocycles. The van der Waals surface area contributed by atoms with E-state index in [0.717, 1.165) is 19.4 Å². The standard InChI is InChI=1S/C10H18O10S2/c1-6(11)18-8-7(19-21(3,12)13)5-17-10(16-2)9(8)20-22(4,14)15/h7-10H,5H2,1-4H3. The molecule has 4 unspecified atom stereocenters. The van der Waals surface area contributed by atoms with Gasteiger partial charge in [-0.05, 0) is 0 Å². The summed E-state index contributed by atoms with van der Waals surface area (Å²) < 4.78 is 69.9. The van der Waals surface area contributed by atoms with E-state index in [4.69, 9.17) is 22.6 Å². The van der Waals surface area contributed by atoms with Crippen molar-refractivity contribution >= 4 is 26.2 Å². The zero-order chi connectivity index (χ0) is 17.1. The van der Waals surface area contributed by atoms with Gasteiger partial charge in [-0.25, -0.2) is 0 Å². The monoisotopic (exact) mass is 362 g/mol. The number of hydrogen-bond acceptors (Lipinski definition) is 10. The lowest BCUT2D eigenvalue weighted by Crippen LogP contribution is -2.57. The lowest BCUT2D eigenvalue weighted by atomic mass is 10.1. The molecule has 0 aromatic heterocycles. The van der Waals surface area contributed by atoms with E-state index in [1.54, 1.807) is 0 Å². The minimum absolute atomic E-state index is 0.298. The molecule has 1 rings (SSSR count). The largest absolute Gasteiger partial charge is 0.457 e. The van der Waals surface area contributed by atoms with Gasteiger partial charge in [0, 0.05) is 14.0 Å². The van der Waals surface area contributed by atoms with Crippen LogP contribution in [0.3, 0.4) is 0 Å². The highest BCUT2D eigenvalue weighted by Gasteiger charge is 2.47. The van der Waals surface area contributed by atoms with Gasteiger partial charge in [0.1, 0.15) is 6.10 Å². The third-order valence-electron chi connectivity index (χ3n) is 2.50. The summed E-state index contributed by atoms with van der Waals surface area (Å²) >= 11 is 0. The minimum atomic E-state index is -3.96. The van der Waals surface area contributed by atoms with Crippen LogP contribution in [0, 0.1) is 0 Å². The summed E-state index contributed by atoms with van der Waals surface area (Å²) in [5.41, 5.74) is 0. The summed E-state index contributed by atoms with van der Waals surface area (Å²) in [5.74, 6) is -0.772. The first-order chi connectivity index (χ1) is 9.93. The highest BCUT2D eigenvalue weighted by atomic mass is 32.2. The van der Waals surface area contributed by atoms with Crippen LogP contribution in [0.4, 0.5) is 0 Å². The van der Waals surface area contributed by atoms with Gasteiger partial charge in [-0.2, -0.15) is 16.8 Å². The first-order valence-electron chi connectivity index (χ1n) is 6.01. The molecule has 1 aliphatic rings. The Kier molecular flexibility index (Phi) is 6.29. The first kappa shape index (κ1) is 19.3.